The Morgan fingerprint density at radius 2 is 2.27 bits per heavy atom. The maximum Gasteiger partial charge on any atom is 0.282 e. The smallest absolute Gasteiger partial charge is 0.282 e. The summed E-state index contributed by atoms with van der Waals surface area (Å²) in [5.41, 5.74) is 2.05. The Morgan fingerprint density at radius 3 is 2.93 bits per heavy atom. The van der Waals surface area contributed by atoms with Gasteiger partial charge >= 0.3 is 0 Å². The van der Waals surface area contributed by atoms with Gasteiger partial charge in [-0.3, -0.25) is 4.79 Å². The van der Waals surface area contributed by atoms with Crippen molar-refractivity contribution in [1.29, 1.82) is 0 Å². The zero-order chi connectivity index (χ0) is 10.7. The molecule has 0 spiro atoms. The van der Waals surface area contributed by atoms with E-state index in [2.05, 4.69) is 10.6 Å². The number of nitrogens with one attached hydrogen (secondary N) is 1. The second-order valence-corrected chi connectivity index (χ2v) is 4.08. The van der Waals surface area contributed by atoms with Crippen LogP contribution in [-0.2, 0) is 4.79 Å². The van der Waals surface area contributed by atoms with Crippen molar-refractivity contribution in [3.05, 3.63) is 29.8 Å². The summed E-state index contributed by atoms with van der Waals surface area (Å²) in [6, 6.07) is 7.99. The monoisotopic (exact) mass is 205 g/mol. The molecule has 1 aromatic carbocycles. The van der Waals surface area contributed by atoms with Gasteiger partial charge in [0.2, 0.25) is 0 Å². The molecule has 1 saturated heterocycles. The number of hydrogen-bond donors (Lipinski definition) is 2. The number of anilines is 1. The number of para-hydroxylation sites is 1. The highest BCUT2D eigenvalue weighted by Gasteiger charge is 2.26. The Bertz CT molecular complexity index is 356. The average Bonchev–Trinajstić information content (AvgIpc) is 2.74. The molecule has 3 nitrogen and oxygen atoms in total. The van der Waals surface area contributed by atoms with Gasteiger partial charge in [0.05, 0.1) is 6.54 Å². The molecule has 0 aromatic heterocycles. The van der Waals surface area contributed by atoms with Crippen LogP contribution in [0.4, 0.5) is 5.69 Å². The number of nitrogens with two attached hydrogens (primary N) is 1. The summed E-state index contributed by atoms with van der Waals surface area (Å²) < 4.78 is 0. The molecule has 3 heteroatoms. The Kier molecular flexibility index (Phi) is 3.02. The fraction of sp³-hybridized carbons (Fsp3) is 0.417. The molecule has 0 bridgehead atoms. The third-order valence-corrected chi connectivity index (χ3v) is 2.91. The van der Waals surface area contributed by atoms with Crippen LogP contribution in [0.15, 0.2) is 24.3 Å². The molecule has 0 unspecified atom stereocenters. The van der Waals surface area contributed by atoms with Crippen LogP contribution in [0.25, 0.3) is 0 Å². The van der Waals surface area contributed by atoms with Crippen molar-refractivity contribution >= 4 is 11.6 Å². The third kappa shape index (κ3) is 2.36. The molecule has 1 fully saturated rings. The van der Waals surface area contributed by atoms with E-state index in [1.54, 1.807) is 0 Å². The standard InChI is InChI=1S/C12H16N2O/c1-9-5-2-3-6-10(9)14-12(15)11-7-4-8-13-11/h2-3,5-6,11,13H,4,7-8H2,1H3,(H,14,15)/p+1/t11-/m0/s1. The molecule has 1 aromatic rings. The minimum Gasteiger partial charge on any atom is -0.336 e. The van der Waals surface area contributed by atoms with Crippen molar-refractivity contribution in [2.45, 2.75) is 25.8 Å². The van der Waals surface area contributed by atoms with Crippen LogP contribution in [0.2, 0.25) is 0 Å². The van der Waals surface area contributed by atoms with E-state index in [0.717, 1.165) is 30.6 Å². The maximum atomic E-state index is 11.8. The fourth-order valence-corrected chi connectivity index (χ4v) is 1.95. The van der Waals surface area contributed by atoms with Crippen molar-refractivity contribution in [1.82, 2.24) is 0 Å². The van der Waals surface area contributed by atoms with Crippen LogP contribution in [-0.4, -0.2) is 18.5 Å². The van der Waals surface area contributed by atoms with Gasteiger partial charge in [-0.2, -0.15) is 0 Å². The molecule has 15 heavy (non-hydrogen) atoms. The van der Waals surface area contributed by atoms with Gasteiger partial charge in [0, 0.05) is 18.5 Å². The number of rotatable bonds is 2. The quantitative estimate of drug-likeness (QED) is 0.732. The summed E-state index contributed by atoms with van der Waals surface area (Å²) >= 11 is 0. The first-order chi connectivity index (χ1) is 7.27. The van der Waals surface area contributed by atoms with Gasteiger partial charge in [0.25, 0.3) is 5.91 Å². The first-order valence-corrected chi connectivity index (χ1v) is 5.47. The number of carbonyl (C=O) groups is 1. The van der Waals surface area contributed by atoms with E-state index < -0.39 is 0 Å². The molecule has 3 N–H and O–H groups in total. The van der Waals surface area contributed by atoms with Crippen molar-refractivity contribution in [2.75, 3.05) is 11.9 Å². The third-order valence-electron chi connectivity index (χ3n) is 2.91. The van der Waals surface area contributed by atoms with Gasteiger partial charge in [0.1, 0.15) is 0 Å². The van der Waals surface area contributed by atoms with Crippen molar-refractivity contribution in [3.8, 4) is 0 Å². The molecular formula is C12H17N2O+. The number of hydrogen-bond acceptors (Lipinski definition) is 1. The van der Waals surface area contributed by atoms with Crippen LogP contribution in [0.3, 0.4) is 0 Å². The van der Waals surface area contributed by atoms with Gasteiger partial charge in [-0.1, -0.05) is 18.2 Å². The number of benzene rings is 1. The Morgan fingerprint density at radius 1 is 1.47 bits per heavy atom. The lowest BCUT2D eigenvalue weighted by molar-refractivity contribution is -0.656. The maximum absolute atomic E-state index is 11.8. The average molecular weight is 205 g/mol. The van der Waals surface area contributed by atoms with E-state index in [0.29, 0.717) is 0 Å². The zero-order valence-corrected chi connectivity index (χ0v) is 8.99. The highest BCUT2D eigenvalue weighted by Crippen LogP contribution is 2.13. The number of carbonyl (C=O) groups excluding carboxylic acids is 1. The Hall–Kier alpha value is -1.35. The summed E-state index contributed by atoms with van der Waals surface area (Å²) in [5, 5.41) is 5.10. The summed E-state index contributed by atoms with van der Waals surface area (Å²) in [6.45, 7) is 3.08. The predicted molar refractivity (Wildman–Crippen MR) is 59.6 cm³/mol. The van der Waals surface area contributed by atoms with Gasteiger partial charge < -0.3 is 10.6 Å². The first kappa shape index (κ1) is 10.2. The van der Waals surface area contributed by atoms with Crippen LogP contribution in [0, 0.1) is 6.92 Å². The highest BCUT2D eigenvalue weighted by atomic mass is 16.2. The lowest BCUT2D eigenvalue weighted by Gasteiger charge is -2.10. The first-order valence-electron chi connectivity index (χ1n) is 5.47. The summed E-state index contributed by atoms with van der Waals surface area (Å²) in [5.74, 6) is 0.141. The lowest BCUT2D eigenvalue weighted by atomic mass is 10.1. The van der Waals surface area contributed by atoms with Gasteiger partial charge in [-0.25, -0.2) is 0 Å². The number of amides is 1. The molecule has 80 valence electrons. The van der Waals surface area contributed by atoms with Crippen LogP contribution >= 0.6 is 0 Å². The molecule has 2 rings (SSSR count). The van der Waals surface area contributed by atoms with E-state index in [1.165, 1.54) is 0 Å². The van der Waals surface area contributed by atoms with E-state index in [-0.39, 0.29) is 11.9 Å². The summed E-state index contributed by atoms with van der Waals surface area (Å²) in [4.78, 5) is 11.8. The van der Waals surface area contributed by atoms with Gasteiger partial charge in [-0.15, -0.1) is 0 Å². The molecule has 1 aliphatic rings. The van der Waals surface area contributed by atoms with E-state index in [9.17, 15) is 4.79 Å². The minimum atomic E-state index is 0.115. The van der Waals surface area contributed by atoms with Gasteiger partial charge in [0.15, 0.2) is 6.04 Å². The second-order valence-electron chi connectivity index (χ2n) is 4.08. The van der Waals surface area contributed by atoms with Crippen molar-refractivity contribution in [2.24, 2.45) is 0 Å². The topological polar surface area (TPSA) is 45.7 Å². The molecule has 0 aliphatic carbocycles. The van der Waals surface area contributed by atoms with E-state index >= 15 is 0 Å². The largest absolute Gasteiger partial charge is 0.336 e. The number of quaternary nitrogens is 1. The molecule has 1 atom stereocenters. The van der Waals surface area contributed by atoms with E-state index in [1.807, 2.05) is 31.2 Å². The molecule has 1 amide bonds. The molecule has 1 aliphatic heterocycles. The normalized spacial score (nSPS) is 20.2. The van der Waals surface area contributed by atoms with Crippen LogP contribution in [0.1, 0.15) is 18.4 Å². The summed E-state index contributed by atoms with van der Waals surface area (Å²) in [6.07, 6.45) is 2.14. The lowest BCUT2D eigenvalue weighted by Crippen LogP contribution is -2.88. The van der Waals surface area contributed by atoms with E-state index in [4.69, 9.17) is 0 Å². The fourth-order valence-electron chi connectivity index (χ4n) is 1.95. The van der Waals surface area contributed by atoms with Crippen LogP contribution < -0.4 is 10.6 Å². The molecule has 1 heterocycles. The second kappa shape index (κ2) is 4.45. The highest BCUT2D eigenvalue weighted by molar-refractivity contribution is 5.94. The van der Waals surface area contributed by atoms with Crippen molar-refractivity contribution in [3.63, 3.8) is 0 Å². The zero-order valence-electron chi connectivity index (χ0n) is 8.99. The Labute approximate surface area is 89.9 Å². The number of aryl methyl sites for hydroxylation is 1. The molecular weight excluding hydrogens is 188 g/mol. The van der Waals surface area contributed by atoms with Crippen molar-refractivity contribution < 1.29 is 10.1 Å². The molecule has 0 saturated carbocycles. The van der Waals surface area contributed by atoms with Gasteiger partial charge in [-0.05, 0) is 18.6 Å². The minimum absolute atomic E-state index is 0.115. The SMILES string of the molecule is Cc1ccccc1NC(=O)[C@@H]1CCC[NH2+]1. The molecule has 0 radical (unpaired) electrons. The Balaban J connectivity index is 2.02. The van der Waals surface area contributed by atoms with Crippen LogP contribution in [0.5, 0.6) is 0 Å². The predicted octanol–water partition coefficient (Wildman–Crippen LogP) is 0.659. The summed E-state index contributed by atoms with van der Waals surface area (Å²) in [7, 11) is 0.